The lowest BCUT2D eigenvalue weighted by Gasteiger charge is -2.46. The minimum atomic E-state index is -1.10. The molecule has 26 heavy (non-hydrogen) atoms. The van der Waals surface area contributed by atoms with Crippen molar-refractivity contribution in [2.75, 3.05) is 13.6 Å². The summed E-state index contributed by atoms with van der Waals surface area (Å²) in [7, 11) is 1.60. The Morgan fingerprint density at radius 2 is 2.15 bits per heavy atom. The molecule has 9 heteroatoms. The number of fused-ring (bicyclic) bond motifs is 1. The van der Waals surface area contributed by atoms with E-state index in [0.29, 0.717) is 17.9 Å². The van der Waals surface area contributed by atoms with E-state index in [1.807, 2.05) is 6.92 Å². The van der Waals surface area contributed by atoms with Crippen molar-refractivity contribution in [1.29, 1.82) is 0 Å². The minimum Gasteiger partial charge on any atom is -0.477 e. The molecule has 3 heterocycles. The molecule has 0 saturated carbocycles. The summed E-state index contributed by atoms with van der Waals surface area (Å²) in [5, 5.41) is 25.6. The smallest absolute Gasteiger partial charge is 0.353 e. The van der Waals surface area contributed by atoms with E-state index in [4.69, 9.17) is 0 Å². The standard InChI is InChI=1S/C17H25N3O5S/c1-7-13-12(8(2)21)16(23)20(13)14(17(24)25)15(7)26-10-4-9(19-6-10)5-11(22)18-3/h7-10,12-13,19,21H,4-6H2,1-3H3,(H,18,22)(H,24,25)/t7-,8-,9+,10+,12-,13-/m1/s1. The number of aliphatic hydroxyl groups is 1. The number of thioether (sulfide) groups is 1. The van der Waals surface area contributed by atoms with Crippen LogP contribution in [0.5, 0.6) is 0 Å². The van der Waals surface area contributed by atoms with Gasteiger partial charge in [-0.1, -0.05) is 6.92 Å². The Balaban J connectivity index is 1.74. The highest BCUT2D eigenvalue weighted by molar-refractivity contribution is 8.03. The van der Waals surface area contributed by atoms with Crippen LogP contribution in [-0.2, 0) is 14.4 Å². The van der Waals surface area contributed by atoms with Gasteiger partial charge >= 0.3 is 5.97 Å². The van der Waals surface area contributed by atoms with Crippen LogP contribution in [0.3, 0.4) is 0 Å². The van der Waals surface area contributed by atoms with Gasteiger partial charge in [-0.3, -0.25) is 9.59 Å². The highest BCUT2D eigenvalue weighted by Gasteiger charge is 2.60. The summed E-state index contributed by atoms with van der Waals surface area (Å²) in [4.78, 5) is 37.7. The molecule has 144 valence electrons. The summed E-state index contributed by atoms with van der Waals surface area (Å²) in [6, 6.07) is -0.214. The molecule has 3 aliphatic heterocycles. The number of amides is 2. The van der Waals surface area contributed by atoms with E-state index in [2.05, 4.69) is 10.6 Å². The van der Waals surface area contributed by atoms with E-state index in [1.54, 1.807) is 14.0 Å². The van der Waals surface area contributed by atoms with Crippen LogP contribution >= 0.6 is 11.8 Å². The zero-order chi connectivity index (χ0) is 19.2. The molecule has 3 aliphatic rings. The molecule has 2 fully saturated rings. The van der Waals surface area contributed by atoms with Gasteiger partial charge in [0.25, 0.3) is 0 Å². The van der Waals surface area contributed by atoms with E-state index < -0.39 is 18.0 Å². The molecule has 0 spiro atoms. The third-order valence-electron chi connectivity index (χ3n) is 5.50. The molecule has 0 aromatic heterocycles. The largest absolute Gasteiger partial charge is 0.477 e. The van der Waals surface area contributed by atoms with Crippen molar-refractivity contribution in [1.82, 2.24) is 15.5 Å². The SMILES string of the molecule is CNC(=O)C[C@@H]1C[C@H](SC2=C(C(=O)O)N3C(=O)[C@H]([C@@H](C)O)[C@H]3[C@H]2C)CN1. The van der Waals surface area contributed by atoms with Gasteiger partial charge in [-0.05, 0) is 13.3 Å². The number of aliphatic hydroxyl groups excluding tert-OH is 1. The zero-order valence-corrected chi connectivity index (χ0v) is 15.9. The van der Waals surface area contributed by atoms with Crippen LogP contribution in [-0.4, -0.2) is 69.9 Å². The Labute approximate surface area is 156 Å². The maximum absolute atomic E-state index is 12.3. The van der Waals surface area contributed by atoms with Crippen LogP contribution in [0.2, 0.25) is 0 Å². The van der Waals surface area contributed by atoms with Crippen LogP contribution in [0.15, 0.2) is 10.6 Å². The van der Waals surface area contributed by atoms with Gasteiger partial charge in [0.05, 0.1) is 18.1 Å². The van der Waals surface area contributed by atoms with E-state index >= 15 is 0 Å². The fourth-order valence-corrected chi connectivity index (χ4v) is 5.73. The van der Waals surface area contributed by atoms with E-state index in [1.165, 1.54) is 16.7 Å². The monoisotopic (exact) mass is 383 g/mol. The lowest BCUT2D eigenvalue weighted by molar-refractivity contribution is -0.163. The first-order valence-corrected chi connectivity index (χ1v) is 9.73. The minimum absolute atomic E-state index is 0.0256. The molecular formula is C17H25N3O5S. The van der Waals surface area contributed by atoms with Gasteiger partial charge in [-0.15, -0.1) is 11.8 Å². The van der Waals surface area contributed by atoms with Gasteiger partial charge in [0.1, 0.15) is 5.70 Å². The van der Waals surface area contributed by atoms with E-state index in [0.717, 1.165) is 6.42 Å². The van der Waals surface area contributed by atoms with Crippen LogP contribution in [0.1, 0.15) is 26.7 Å². The Morgan fingerprint density at radius 3 is 2.73 bits per heavy atom. The summed E-state index contributed by atoms with van der Waals surface area (Å²) in [6.45, 7) is 4.18. The van der Waals surface area contributed by atoms with Crippen molar-refractivity contribution >= 4 is 29.5 Å². The van der Waals surface area contributed by atoms with Crippen molar-refractivity contribution in [3.05, 3.63) is 10.6 Å². The van der Waals surface area contributed by atoms with Gasteiger partial charge in [0, 0.05) is 42.1 Å². The van der Waals surface area contributed by atoms with Gasteiger partial charge in [-0.2, -0.15) is 0 Å². The first-order valence-electron chi connectivity index (χ1n) is 8.85. The van der Waals surface area contributed by atoms with Gasteiger partial charge in [0.15, 0.2) is 0 Å². The van der Waals surface area contributed by atoms with Crippen molar-refractivity contribution < 1.29 is 24.6 Å². The number of nitrogens with zero attached hydrogens (tertiary/aromatic N) is 1. The molecule has 3 rings (SSSR count). The first-order chi connectivity index (χ1) is 12.3. The number of carbonyl (C=O) groups excluding carboxylic acids is 2. The zero-order valence-electron chi connectivity index (χ0n) is 15.1. The number of carboxylic acid groups (broad SMARTS) is 1. The Kier molecular flexibility index (Phi) is 5.32. The molecule has 6 atom stereocenters. The number of nitrogens with one attached hydrogen (secondary N) is 2. The van der Waals surface area contributed by atoms with Crippen molar-refractivity contribution in [3.63, 3.8) is 0 Å². The first kappa shape index (κ1) is 19.2. The second-order valence-electron chi connectivity index (χ2n) is 7.23. The van der Waals surface area contributed by atoms with Crippen LogP contribution in [0.25, 0.3) is 0 Å². The predicted octanol–water partition coefficient (Wildman–Crippen LogP) is -0.260. The third-order valence-corrected chi connectivity index (χ3v) is 7.01. The molecule has 0 aliphatic carbocycles. The second-order valence-corrected chi connectivity index (χ2v) is 8.57. The average Bonchev–Trinajstić information content (AvgIpc) is 3.09. The number of carboxylic acids is 1. The molecule has 2 amide bonds. The molecule has 0 unspecified atom stereocenters. The van der Waals surface area contributed by atoms with Crippen molar-refractivity contribution in [2.24, 2.45) is 11.8 Å². The van der Waals surface area contributed by atoms with Crippen molar-refractivity contribution in [2.45, 2.75) is 50.1 Å². The second kappa shape index (κ2) is 7.21. The fraction of sp³-hybridized carbons (Fsp3) is 0.706. The molecule has 8 nitrogen and oxygen atoms in total. The number of hydrogen-bond donors (Lipinski definition) is 4. The van der Waals surface area contributed by atoms with E-state index in [9.17, 15) is 24.6 Å². The number of hydrogen-bond acceptors (Lipinski definition) is 6. The van der Waals surface area contributed by atoms with Gasteiger partial charge in [0.2, 0.25) is 11.8 Å². The number of β-lactam (4-membered cyclic amide) rings is 1. The average molecular weight is 383 g/mol. The van der Waals surface area contributed by atoms with Gasteiger partial charge < -0.3 is 25.7 Å². The topological polar surface area (TPSA) is 119 Å². The molecule has 0 aromatic rings. The summed E-state index contributed by atoms with van der Waals surface area (Å²) in [6.07, 6.45) is 0.362. The van der Waals surface area contributed by atoms with Crippen LogP contribution in [0.4, 0.5) is 0 Å². The Bertz CT molecular complexity index is 665. The maximum Gasteiger partial charge on any atom is 0.353 e. The number of carbonyl (C=O) groups is 3. The van der Waals surface area contributed by atoms with Gasteiger partial charge in [-0.25, -0.2) is 4.79 Å². The van der Waals surface area contributed by atoms with Crippen molar-refractivity contribution in [3.8, 4) is 0 Å². The molecule has 2 saturated heterocycles. The predicted molar refractivity (Wildman–Crippen MR) is 96.1 cm³/mol. The Morgan fingerprint density at radius 1 is 1.46 bits per heavy atom. The normalized spacial score (nSPS) is 34.5. The lowest BCUT2D eigenvalue weighted by Crippen LogP contribution is -2.63. The number of aliphatic carboxylic acids is 1. The summed E-state index contributed by atoms with van der Waals surface area (Å²) >= 11 is 1.49. The molecule has 0 radical (unpaired) electrons. The summed E-state index contributed by atoms with van der Waals surface area (Å²) in [5.41, 5.74) is 0.0594. The maximum atomic E-state index is 12.3. The lowest BCUT2D eigenvalue weighted by atomic mass is 9.79. The highest BCUT2D eigenvalue weighted by atomic mass is 32.2. The van der Waals surface area contributed by atoms with Crippen LogP contribution in [0, 0.1) is 11.8 Å². The summed E-state index contributed by atoms with van der Waals surface area (Å²) < 4.78 is 0. The third kappa shape index (κ3) is 3.12. The molecule has 4 N–H and O–H groups in total. The highest BCUT2D eigenvalue weighted by Crippen LogP contribution is 2.51. The molecule has 0 aromatic carbocycles. The quantitative estimate of drug-likeness (QED) is 0.467. The molecule has 0 bridgehead atoms. The summed E-state index contributed by atoms with van der Waals surface area (Å²) in [5.74, 6) is -2.11. The number of rotatable bonds is 6. The molecular weight excluding hydrogens is 358 g/mol. The Hall–Kier alpha value is -1.58. The fourth-order valence-electron chi connectivity index (χ4n) is 4.21. The van der Waals surface area contributed by atoms with E-state index in [-0.39, 0.29) is 40.8 Å². The van der Waals surface area contributed by atoms with Crippen LogP contribution < -0.4 is 10.6 Å².